The van der Waals surface area contributed by atoms with E-state index in [9.17, 15) is 0 Å². The van der Waals surface area contributed by atoms with E-state index < -0.39 is 0 Å². The molecule has 2 atom stereocenters. The average Bonchev–Trinajstić information content (AvgIpc) is 2.91. The highest BCUT2D eigenvalue weighted by Crippen LogP contribution is 2.32. The number of nitrogens with one attached hydrogen (secondary N) is 1. The van der Waals surface area contributed by atoms with Gasteiger partial charge in [-0.05, 0) is 31.4 Å². The van der Waals surface area contributed by atoms with Gasteiger partial charge in [0.05, 0.1) is 28.5 Å². The fraction of sp³-hybridized carbons (Fsp3) is 0.571. The van der Waals surface area contributed by atoms with Crippen LogP contribution in [-0.2, 0) is 4.74 Å². The van der Waals surface area contributed by atoms with Crippen molar-refractivity contribution in [2.24, 2.45) is 0 Å². The molecule has 108 valence electrons. The lowest BCUT2D eigenvalue weighted by Gasteiger charge is -2.31. The molecule has 0 radical (unpaired) electrons. The zero-order chi connectivity index (χ0) is 13.9. The SMILES string of the molecule is CCCC1CC(Nc2c(Cl)ccc3nsnc23)CCO1. The number of fused-ring (bicyclic) bond motifs is 1. The van der Waals surface area contributed by atoms with Gasteiger partial charge in [-0.2, -0.15) is 8.75 Å². The Hall–Kier alpha value is -0.910. The summed E-state index contributed by atoms with van der Waals surface area (Å²) >= 11 is 7.54. The third-order valence-corrected chi connectivity index (χ3v) is 4.56. The molecule has 20 heavy (non-hydrogen) atoms. The topological polar surface area (TPSA) is 47.0 Å². The van der Waals surface area contributed by atoms with Crippen LogP contribution >= 0.6 is 23.3 Å². The van der Waals surface area contributed by atoms with E-state index in [1.807, 2.05) is 12.1 Å². The molecule has 3 rings (SSSR count). The maximum absolute atomic E-state index is 6.32. The number of anilines is 1. The van der Waals surface area contributed by atoms with E-state index in [4.69, 9.17) is 16.3 Å². The van der Waals surface area contributed by atoms with Gasteiger partial charge in [0.15, 0.2) is 0 Å². The molecule has 0 saturated carbocycles. The molecule has 2 heterocycles. The normalized spacial score (nSPS) is 23.1. The van der Waals surface area contributed by atoms with Gasteiger partial charge in [-0.1, -0.05) is 24.9 Å². The first-order valence-corrected chi connectivity index (χ1v) is 8.17. The van der Waals surface area contributed by atoms with Gasteiger partial charge in [-0.3, -0.25) is 0 Å². The van der Waals surface area contributed by atoms with Crippen molar-refractivity contribution in [3.8, 4) is 0 Å². The van der Waals surface area contributed by atoms with Crippen LogP contribution in [0.5, 0.6) is 0 Å². The van der Waals surface area contributed by atoms with E-state index in [-0.39, 0.29) is 0 Å². The summed E-state index contributed by atoms with van der Waals surface area (Å²) in [7, 11) is 0. The largest absolute Gasteiger partial charge is 0.379 e. The molecule has 1 saturated heterocycles. The highest BCUT2D eigenvalue weighted by atomic mass is 35.5. The van der Waals surface area contributed by atoms with Crippen LogP contribution in [0.25, 0.3) is 11.0 Å². The molecule has 6 heteroatoms. The monoisotopic (exact) mass is 311 g/mol. The first-order valence-electron chi connectivity index (χ1n) is 7.07. The van der Waals surface area contributed by atoms with E-state index in [0.717, 1.165) is 49.0 Å². The van der Waals surface area contributed by atoms with Crippen molar-refractivity contribution in [3.63, 3.8) is 0 Å². The Morgan fingerprint density at radius 1 is 1.45 bits per heavy atom. The Labute approximate surface area is 127 Å². The van der Waals surface area contributed by atoms with Gasteiger partial charge in [-0.25, -0.2) is 0 Å². The van der Waals surface area contributed by atoms with Crippen LogP contribution in [0.3, 0.4) is 0 Å². The number of nitrogens with zero attached hydrogens (tertiary/aromatic N) is 2. The number of benzene rings is 1. The predicted molar refractivity (Wildman–Crippen MR) is 83.7 cm³/mol. The highest BCUT2D eigenvalue weighted by molar-refractivity contribution is 7.00. The van der Waals surface area contributed by atoms with Crippen LogP contribution < -0.4 is 5.32 Å². The molecule has 0 bridgehead atoms. The Morgan fingerprint density at radius 3 is 3.20 bits per heavy atom. The van der Waals surface area contributed by atoms with E-state index in [0.29, 0.717) is 17.2 Å². The van der Waals surface area contributed by atoms with Gasteiger partial charge in [0.25, 0.3) is 0 Å². The molecule has 1 aromatic heterocycles. The van der Waals surface area contributed by atoms with Gasteiger partial charge in [0, 0.05) is 12.6 Å². The zero-order valence-electron chi connectivity index (χ0n) is 11.4. The Morgan fingerprint density at radius 2 is 2.35 bits per heavy atom. The number of ether oxygens (including phenoxy) is 1. The standard InChI is InChI=1S/C14H18ClN3OS/c1-2-3-10-8-9(6-7-19-10)16-13-11(15)4-5-12-14(13)18-20-17-12/h4-5,9-10,16H,2-3,6-8H2,1H3. The fourth-order valence-corrected chi connectivity index (χ4v) is 3.45. The lowest BCUT2D eigenvalue weighted by molar-refractivity contribution is 0.00599. The van der Waals surface area contributed by atoms with E-state index in [1.165, 1.54) is 11.7 Å². The minimum atomic E-state index is 0.359. The molecule has 0 amide bonds. The minimum Gasteiger partial charge on any atom is -0.379 e. The quantitative estimate of drug-likeness (QED) is 0.923. The highest BCUT2D eigenvalue weighted by Gasteiger charge is 2.23. The van der Waals surface area contributed by atoms with Crippen molar-refractivity contribution in [2.75, 3.05) is 11.9 Å². The van der Waals surface area contributed by atoms with Crippen molar-refractivity contribution < 1.29 is 4.74 Å². The zero-order valence-corrected chi connectivity index (χ0v) is 13.0. The molecule has 1 aliphatic rings. The summed E-state index contributed by atoms with van der Waals surface area (Å²) in [5, 5.41) is 4.27. The Balaban J connectivity index is 1.78. The van der Waals surface area contributed by atoms with Crippen LogP contribution in [0.4, 0.5) is 5.69 Å². The number of halogens is 1. The number of rotatable bonds is 4. The number of hydrogen-bond acceptors (Lipinski definition) is 5. The van der Waals surface area contributed by atoms with Crippen molar-refractivity contribution >= 4 is 40.0 Å². The maximum Gasteiger partial charge on any atom is 0.129 e. The van der Waals surface area contributed by atoms with Gasteiger partial charge in [0.1, 0.15) is 11.0 Å². The summed E-state index contributed by atoms with van der Waals surface area (Å²) in [4.78, 5) is 0. The fourth-order valence-electron chi connectivity index (χ4n) is 2.70. The van der Waals surface area contributed by atoms with Gasteiger partial charge >= 0.3 is 0 Å². The van der Waals surface area contributed by atoms with Crippen LogP contribution in [-0.4, -0.2) is 27.5 Å². The molecule has 2 unspecified atom stereocenters. The van der Waals surface area contributed by atoms with Crippen molar-refractivity contribution in [1.82, 2.24) is 8.75 Å². The van der Waals surface area contributed by atoms with E-state index in [1.54, 1.807) is 0 Å². The molecule has 1 fully saturated rings. The molecule has 0 spiro atoms. The molecule has 0 aliphatic carbocycles. The second kappa shape index (κ2) is 6.24. The molecule has 1 aromatic carbocycles. The third kappa shape index (κ3) is 2.90. The van der Waals surface area contributed by atoms with Crippen LogP contribution in [0.2, 0.25) is 5.02 Å². The molecule has 2 aromatic rings. The van der Waals surface area contributed by atoms with Gasteiger partial charge in [-0.15, -0.1) is 0 Å². The maximum atomic E-state index is 6.32. The number of aromatic nitrogens is 2. The average molecular weight is 312 g/mol. The van der Waals surface area contributed by atoms with E-state index in [2.05, 4.69) is 21.0 Å². The minimum absolute atomic E-state index is 0.359. The molecule has 1 aliphatic heterocycles. The first kappa shape index (κ1) is 14.0. The Kier molecular flexibility index (Phi) is 4.38. The summed E-state index contributed by atoms with van der Waals surface area (Å²) < 4.78 is 14.4. The third-order valence-electron chi connectivity index (χ3n) is 3.70. The van der Waals surface area contributed by atoms with Gasteiger partial charge in [0.2, 0.25) is 0 Å². The van der Waals surface area contributed by atoms with Crippen LogP contribution in [0, 0.1) is 0 Å². The summed E-state index contributed by atoms with van der Waals surface area (Å²) in [6.07, 6.45) is 4.67. The predicted octanol–water partition coefficient (Wildman–Crippen LogP) is 4.10. The van der Waals surface area contributed by atoms with Crippen molar-refractivity contribution in [2.45, 2.75) is 44.8 Å². The van der Waals surface area contributed by atoms with Crippen molar-refractivity contribution in [3.05, 3.63) is 17.2 Å². The lowest BCUT2D eigenvalue weighted by Crippen LogP contribution is -2.34. The second-order valence-corrected chi connectivity index (χ2v) is 6.14. The summed E-state index contributed by atoms with van der Waals surface area (Å²) in [6.45, 7) is 3.00. The Bertz CT molecular complexity index is 587. The molecule has 4 nitrogen and oxygen atoms in total. The lowest BCUT2D eigenvalue weighted by atomic mass is 10.00. The van der Waals surface area contributed by atoms with Gasteiger partial charge < -0.3 is 10.1 Å². The summed E-state index contributed by atoms with van der Waals surface area (Å²) in [5.74, 6) is 0. The molecular weight excluding hydrogens is 294 g/mol. The smallest absolute Gasteiger partial charge is 0.129 e. The van der Waals surface area contributed by atoms with Crippen LogP contribution in [0.15, 0.2) is 12.1 Å². The summed E-state index contributed by atoms with van der Waals surface area (Å²) in [6, 6.07) is 4.19. The molecular formula is C14H18ClN3OS. The van der Waals surface area contributed by atoms with Crippen LogP contribution in [0.1, 0.15) is 32.6 Å². The molecule has 1 N–H and O–H groups in total. The second-order valence-electron chi connectivity index (χ2n) is 5.20. The van der Waals surface area contributed by atoms with Crippen molar-refractivity contribution in [1.29, 1.82) is 0 Å². The summed E-state index contributed by atoms with van der Waals surface area (Å²) in [5.41, 5.74) is 2.69. The number of hydrogen-bond donors (Lipinski definition) is 1. The first-order chi connectivity index (χ1) is 9.78. The van der Waals surface area contributed by atoms with E-state index >= 15 is 0 Å².